The maximum Gasteiger partial charge on any atom is 0.309 e. The molecule has 8 N–H and O–H groups in total. The van der Waals surface area contributed by atoms with Gasteiger partial charge in [-0.1, -0.05) is 118 Å². The van der Waals surface area contributed by atoms with Crippen LogP contribution in [0, 0.1) is 11.8 Å². The van der Waals surface area contributed by atoms with Crippen molar-refractivity contribution < 1.29 is 83.3 Å². The molecular formula is C52H95NO17. The van der Waals surface area contributed by atoms with E-state index in [9.17, 15) is 54.9 Å². The summed E-state index contributed by atoms with van der Waals surface area (Å²) in [6.45, 7) is 12.4. The fraction of sp³-hybridized carbons (Fsp3) is 0.923. The fourth-order valence-corrected chi connectivity index (χ4v) is 9.05. The maximum atomic E-state index is 13.9. The van der Waals surface area contributed by atoms with E-state index >= 15 is 0 Å². The van der Waals surface area contributed by atoms with Gasteiger partial charge >= 0.3 is 11.9 Å². The summed E-state index contributed by atoms with van der Waals surface area (Å²) in [6, 6.07) is -0.515. The summed E-state index contributed by atoms with van der Waals surface area (Å²) in [5.74, 6) is -3.01. The molecule has 2 saturated heterocycles. The van der Waals surface area contributed by atoms with Gasteiger partial charge in [-0.05, 0) is 58.3 Å². The molecule has 0 radical (unpaired) electrons. The molecule has 0 spiro atoms. The van der Waals surface area contributed by atoms with E-state index in [1.165, 1.54) is 6.92 Å². The summed E-state index contributed by atoms with van der Waals surface area (Å²) >= 11 is 0. The van der Waals surface area contributed by atoms with Crippen LogP contribution >= 0.6 is 0 Å². The lowest BCUT2D eigenvalue weighted by atomic mass is 9.96. The number of Topliss-reactive ketones (excluding diaryl/α,β-unsaturated/α-hetero) is 1. The Balaban J connectivity index is 2.25. The molecule has 0 aromatic carbocycles. The Morgan fingerprint density at radius 3 is 1.51 bits per heavy atom. The number of aliphatic hydroxyl groups excluding tert-OH is 7. The predicted octanol–water partition coefficient (Wildman–Crippen LogP) is 5.22. The van der Waals surface area contributed by atoms with Gasteiger partial charge in [-0.25, -0.2) is 0 Å². The number of ketones is 1. The van der Waals surface area contributed by atoms with E-state index in [0.29, 0.717) is 44.9 Å². The Morgan fingerprint density at radius 1 is 0.543 bits per heavy atom. The van der Waals surface area contributed by atoms with Crippen molar-refractivity contribution in [2.24, 2.45) is 11.8 Å². The highest BCUT2D eigenvalue weighted by atomic mass is 16.7. The number of hydrogen-bond acceptors (Lipinski definition) is 17. The quantitative estimate of drug-likeness (QED) is 0.0291. The lowest BCUT2D eigenvalue weighted by Crippen LogP contribution is -2.63. The molecule has 410 valence electrons. The average Bonchev–Trinajstić information content (AvgIpc) is 3.31. The van der Waals surface area contributed by atoms with Gasteiger partial charge in [0.05, 0.1) is 56.3 Å². The van der Waals surface area contributed by atoms with Gasteiger partial charge in [0.1, 0.15) is 54.6 Å². The van der Waals surface area contributed by atoms with Gasteiger partial charge in [-0.3, -0.25) is 19.2 Å². The van der Waals surface area contributed by atoms with Crippen LogP contribution in [0.15, 0.2) is 0 Å². The van der Waals surface area contributed by atoms with E-state index in [-0.39, 0.29) is 44.0 Å². The van der Waals surface area contributed by atoms with Crippen LogP contribution in [0.3, 0.4) is 0 Å². The minimum atomic E-state index is -1.69. The SMILES string of the molecule is CCCCCCCC(CC(=O)CC(CO)C(=O)NC(CO)CC(C)C)OC(=O)CC(CCCCCCC)OC(=O)CC(CCCCCCC)OC1OC(C)C(O)C(OC2OC(C)C(O)C(O)C2O)C1O. The third kappa shape index (κ3) is 24.1. The average molecular weight is 1010 g/mol. The number of aliphatic hydroxyl groups is 7. The number of ether oxygens (including phenoxy) is 6. The Morgan fingerprint density at radius 2 is 1.01 bits per heavy atom. The zero-order valence-corrected chi connectivity index (χ0v) is 43.6. The Bertz CT molecular complexity index is 1440. The topological polar surface area (TPSA) is 277 Å². The number of carbonyl (C=O) groups is 4. The van der Waals surface area contributed by atoms with Gasteiger partial charge in [0.15, 0.2) is 12.6 Å². The number of nitrogens with one attached hydrogen (secondary N) is 1. The molecule has 0 aliphatic carbocycles. The summed E-state index contributed by atoms with van der Waals surface area (Å²) in [4.78, 5) is 54.2. The Hall–Kier alpha value is -2.36. The second-order valence-electron chi connectivity index (χ2n) is 20.3. The van der Waals surface area contributed by atoms with Crippen molar-refractivity contribution in [3.05, 3.63) is 0 Å². The molecule has 2 heterocycles. The van der Waals surface area contributed by atoms with Crippen molar-refractivity contribution in [1.29, 1.82) is 0 Å². The summed E-state index contributed by atoms with van der Waals surface area (Å²) in [5.41, 5.74) is 0. The fourth-order valence-electron chi connectivity index (χ4n) is 9.05. The first-order chi connectivity index (χ1) is 33.4. The number of amides is 1. The first-order valence-electron chi connectivity index (χ1n) is 26.8. The highest BCUT2D eigenvalue weighted by Crippen LogP contribution is 2.31. The van der Waals surface area contributed by atoms with E-state index in [2.05, 4.69) is 26.1 Å². The van der Waals surface area contributed by atoms with Crippen LogP contribution in [0.25, 0.3) is 0 Å². The van der Waals surface area contributed by atoms with Gasteiger partial charge in [0, 0.05) is 12.8 Å². The molecule has 0 aromatic rings. The van der Waals surface area contributed by atoms with Gasteiger partial charge in [-0.2, -0.15) is 0 Å². The van der Waals surface area contributed by atoms with Gasteiger partial charge in [0.25, 0.3) is 0 Å². The second-order valence-corrected chi connectivity index (χ2v) is 20.3. The van der Waals surface area contributed by atoms with Gasteiger partial charge in [-0.15, -0.1) is 0 Å². The minimum Gasteiger partial charge on any atom is -0.462 e. The molecule has 1 amide bonds. The Labute approximate surface area is 418 Å². The first kappa shape index (κ1) is 63.8. The standard InChI is InChI=1S/C52H95NO17/c1-8-11-14-17-20-23-39(28-38(56)27-36(31-54)50(64)53-37(32-55)26-33(4)5)67-42(57)29-40(24-21-18-15-12-9-2)68-43(58)30-41(25-22-19-16-13-10-3)69-52-48(63)49(45(60)35(7)66-52)70-51-47(62)46(61)44(59)34(6)65-51/h33-37,39-41,44-49,51-52,54-55,59-63H,8-32H2,1-7H3,(H,53,64). The molecule has 15 unspecified atom stereocenters. The molecule has 15 atom stereocenters. The van der Waals surface area contributed by atoms with Gasteiger partial charge < -0.3 is 69.5 Å². The number of unbranched alkanes of at least 4 members (excludes halogenated alkanes) is 12. The van der Waals surface area contributed by atoms with Gasteiger partial charge in [0.2, 0.25) is 5.91 Å². The zero-order chi connectivity index (χ0) is 52.2. The molecule has 0 aromatic heterocycles. The Kier molecular flexibility index (Phi) is 32.5. The largest absolute Gasteiger partial charge is 0.462 e. The number of esters is 2. The molecule has 2 aliphatic heterocycles. The van der Waals surface area contributed by atoms with Crippen molar-refractivity contribution in [1.82, 2.24) is 5.32 Å². The molecule has 0 saturated carbocycles. The predicted molar refractivity (Wildman–Crippen MR) is 261 cm³/mol. The monoisotopic (exact) mass is 1010 g/mol. The molecule has 18 heteroatoms. The van der Waals surface area contributed by atoms with Crippen LogP contribution in [0.4, 0.5) is 0 Å². The number of rotatable bonds is 38. The van der Waals surface area contributed by atoms with Crippen LogP contribution in [0.5, 0.6) is 0 Å². The van der Waals surface area contributed by atoms with Crippen LogP contribution in [-0.4, -0.2) is 158 Å². The molecule has 18 nitrogen and oxygen atoms in total. The van der Waals surface area contributed by atoms with Crippen molar-refractivity contribution in [2.45, 2.75) is 282 Å². The maximum absolute atomic E-state index is 13.9. The van der Waals surface area contributed by atoms with Crippen LogP contribution in [-0.2, 0) is 47.6 Å². The highest BCUT2D eigenvalue weighted by Gasteiger charge is 2.50. The van der Waals surface area contributed by atoms with E-state index in [4.69, 9.17) is 28.4 Å². The lowest BCUT2D eigenvalue weighted by molar-refractivity contribution is -0.358. The summed E-state index contributed by atoms with van der Waals surface area (Å²) in [5, 5.41) is 76.3. The molecule has 0 bridgehead atoms. The van der Waals surface area contributed by atoms with Crippen LogP contribution < -0.4 is 5.32 Å². The molecular weight excluding hydrogens is 911 g/mol. The molecule has 2 rings (SSSR count). The van der Waals surface area contributed by atoms with E-state index in [1.54, 1.807) is 6.92 Å². The third-order valence-corrected chi connectivity index (χ3v) is 13.3. The third-order valence-electron chi connectivity index (χ3n) is 13.3. The number of carbonyl (C=O) groups excluding carboxylic acids is 4. The van der Waals surface area contributed by atoms with Crippen molar-refractivity contribution >= 4 is 23.6 Å². The summed E-state index contributed by atoms with van der Waals surface area (Å²) in [7, 11) is 0. The van der Waals surface area contributed by atoms with Crippen LogP contribution in [0.2, 0.25) is 0 Å². The second kappa shape index (κ2) is 35.7. The summed E-state index contributed by atoms with van der Waals surface area (Å²) in [6.07, 6.45) is -1.96. The van der Waals surface area contributed by atoms with E-state index in [0.717, 1.165) is 77.0 Å². The van der Waals surface area contributed by atoms with E-state index in [1.807, 2.05) is 13.8 Å². The number of hydrogen-bond donors (Lipinski definition) is 8. The molecule has 2 fully saturated rings. The van der Waals surface area contributed by atoms with Crippen molar-refractivity contribution in [3.63, 3.8) is 0 Å². The van der Waals surface area contributed by atoms with Crippen molar-refractivity contribution in [3.8, 4) is 0 Å². The normalized spacial score (nSPS) is 27.1. The first-order valence-corrected chi connectivity index (χ1v) is 26.8. The molecule has 70 heavy (non-hydrogen) atoms. The smallest absolute Gasteiger partial charge is 0.309 e. The van der Waals surface area contributed by atoms with E-state index < -0.39 is 116 Å². The lowest BCUT2D eigenvalue weighted by Gasteiger charge is -2.46. The highest BCUT2D eigenvalue weighted by molar-refractivity contribution is 5.87. The molecule has 2 aliphatic rings. The summed E-state index contributed by atoms with van der Waals surface area (Å²) < 4.78 is 35.6. The zero-order valence-electron chi connectivity index (χ0n) is 43.6. The van der Waals surface area contributed by atoms with Crippen molar-refractivity contribution in [2.75, 3.05) is 13.2 Å². The minimum absolute atomic E-state index is 0.160. The van der Waals surface area contributed by atoms with Crippen LogP contribution in [0.1, 0.15) is 196 Å².